The molecule has 2 aromatic rings. The lowest BCUT2D eigenvalue weighted by molar-refractivity contribution is -0.109. The Morgan fingerprint density at radius 3 is 2.68 bits per heavy atom. The molecule has 1 aromatic heterocycles. The zero-order valence-corrected chi connectivity index (χ0v) is 20.2. The molecule has 2 aliphatic heterocycles. The van der Waals surface area contributed by atoms with E-state index in [1.54, 1.807) is 13.3 Å². The number of carbonyl (C=O) groups excluding carboxylic acids is 1. The molecule has 2 aliphatic rings. The zero-order chi connectivity index (χ0) is 23.8. The molecular weight excluding hydrogens is 432 g/mol. The van der Waals surface area contributed by atoms with E-state index in [9.17, 15) is 4.79 Å². The van der Waals surface area contributed by atoms with Gasteiger partial charge in [0.05, 0.1) is 20.3 Å². The molecule has 0 spiro atoms. The third kappa shape index (κ3) is 6.80. The number of carbonyl (C=O) groups is 1. The van der Waals surface area contributed by atoms with Crippen LogP contribution < -0.4 is 20.1 Å². The van der Waals surface area contributed by atoms with Gasteiger partial charge in [-0.1, -0.05) is 0 Å². The highest BCUT2D eigenvalue weighted by atomic mass is 16.5. The van der Waals surface area contributed by atoms with E-state index in [-0.39, 0.29) is 0 Å². The number of benzene rings is 1. The number of hydrogen-bond donors (Lipinski definition) is 2. The van der Waals surface area contributed by atoms with E-state index in [4.69, 9.17) is 9.47 Å². The number of piperidine rings is 1. The molecule has 0 radical (unpaired) electrons. The summed E-state index contributed by atoms with van der Waals surface area (Å²) in [5.74, 6) is 3.87. The molecule has 3 heterocycles. The molecule has 2 fully saturated rings. The van der Waals surface area contributed by atoms with Crippen molar-refractivity contribution in [1.82, 2.24) is 19.8 Å². The van der Waals surface area contributed by atoms with Crippen LogP contribution in [0.2, 0.25) is 0 Å². The van der Waals surface area contributed by atoms with Crippen LogP contribution in [0.3, 0.4) is 0 Å². The van der Waals surface area contributed by atoms with Crippen molar-refractivity contribution in [3.63, 3.8) is 0 Å². The average Bonchev–Trinajstić information content (AvgIpc) is 3.28. The van der Waals surface area contributed by atoms with E-state index < -0.39 is 0 Å². The van der Waals surface area contributed by atoms with Gasteiger partial charge in [0.25, 0.3) is 0 Å². The summed E-state index contributed by atoms with van der Waals surface area (Å²) in [5.41, 5.74) is 0.846. The van der Waals surface area contributed by atoms with Crippen molar-refractivity contribution in [2.24, 2.45) is 11.8 Å². The molecule has 34 heavy (non-hydrogen) atoms. The highest BCUT2D eigenvalue weighted by Gasteiger charge is 2.21. The minimum atomic E-state index is 0.527. The SMILES string of the molecule is COc1ccc(Nc2nccc(NCC3CCN(CC=O)CC3)n2)cc1OC[C@H]1CCN(C)C1. The van der Waals surface area contributed by atoms with Gasteiger partial charge in [0.1, 0.15) is 12.1 Å². The number of nitrogens with zero attached hydrogens (tertiary/aromatic N) is 4. The number of aromatic nitrogens is 2. The van der Waals surface area contributed by atoms with Crippen LogP contribution in [0.4, 0.5) is 17.5 Å². The number of rotatable bonds is 11. The van der Waals surface area contributed by atoms with Crippen molar-refractivity contribution in [3.05, 3.63) is 30.5 Å². The first-order valence-electron chi connectivity index (χ1n) is 12.1. The van der Waals surface area contributed by atoms with Crippen molar-refractivity contribution in [1.29, 1.82) is 0 Å². The second kappa shape index (κ2) is 12.0. The van der Waals surface area contributed by atoms with Crippen molar-refractivity contribution in [3.8, 4) is 11.5 Å². The summed E-state index contributed by atoms with van der Waals surface area (Å²) >= 11 is 0. The molecule has 0 bridgehead atoms. The third-order valence-electron chi connectivity index (χ3n) is 6.65. The predicted octanol–water partition coefficient (Wildman–Crippen LogP) is 2.88. The first-order chi connectivity index (χ1) is 16.6. The predicted molar refractivity (Wildman–Crippen MR) is 133 cm³/mol. The molecule has 9 nitrogen and oxygen atoms in total. The molecule has 4 rings (SSSR count). The number of nitrogens with one attached hydrogen (secondary N) is 2. The van der Waals surface area contributed by atoms with Crippen LogP contribution in [0, 0.1) is 11.8 Å². The van der Waals surface area contributed by atoms with E-state index >= 15 is 0 Å². The van der Waals surface area contributed by atoms with Crippen molar-refractivity contribution in [2.75, 3.05) is 70.7 Å². The van der Waals surface area contributed by atoms with Gasteiger partial charge in [-0.05, 0) is 70.1 Å². The summed E-state index contributed by atoms with van der Waals surface area (Å²) in [6, 6.07) is 7.66. The smallest absolute Gasteiger partial charge is 0.229 e. The first kappa shape index (κ1) is 24.2. The molecule has 2 N–H and O–H groups in total. The monoisotopic (exact) mass is 468 g/mol. The summed E-state index contributed by atoms with van der Waals surface area (Å²) in [6.45, 7) is 6.20. The van der Waals surface area contributed by atoms with Gasteiger partial charge in [-0.3, -0.25) is 4.90 Å². The van der Waals surface area contributed by atoms with Gasteiger partial charge in [0.2, 0.25) is 5.95 Å². The maximum atomic E-state index is 10.7. The lowest BCUT2D eigenvalue weighted by Crippen LogP contribution is -2.36. The normalized spacial score (nSPS) is 19.6. The van der Waals surface area contributed by atoms with E-state index in [2.05, 4.69) is 37.4 Å². The Bertz CT molecular complexity index is 935. The molecule has 2 saturated heterocycles. The van der Waals surface area contributed by atoms with Crippen LogP contribution in [0.15, 0.2) is 30.5 Å². The highest BCUT2D eigenvalue weighted by Crippen LogP contribution is 2.32. The number of anilines is 3. The number of methoxy groups -OCH3 is 1. The van der Waals surface area contributed by atoms with Crippen molar-refractivity contribution in [2.45, 2.75) is 19.3 Å². The summed E-state index contributed by atoms with van der Waals surface area (Å²) in [5, 5.41) is 6.73. The lowest BCUT2D eigenvalue weighted by Gasteiger charge is -2.30. The summed E-state index contributed by atoms with van der Waals surface area (Å²) in [6.07, 6.45) is 6.07. The number of ether oxygens (including phenoxy) is 2. The summed E-state index contributed by atoms with van der Waals surface area (Å²) in [4.78, 5) is 24.2. The second-order valence-corrected chi connectivity index (χ2v) is 9.28. The van der Waals surface area contributed by atoms with Crippen LogP contribution in [-0.2, 0) is 4.79 Å². The molecule has 0 saturated carbocycles. The van der Waals surface area contributed by atoms with E-state index in [1.165, 1.54) is 0 Å². The van der Waals surface area contributed by atoms with Gasteiger partial charge in [-0.15, -0.1) is 0 Å². The highest BCUT2D eigenvalue weighted by molar-refractivity contribution is 5.60. The Hall–Kier alpha value is -2.91. The third-order valence-corrected chi connectivity index (χ3v) is 6.65. The minimum Gasteiger partial charge on any atom is -0.493 e. The van der Waals surface area contributed by atoms with Gasteiger partial charge in [0.15, 0.2) is 11.5 Å². The maximum absolute atomic E-state index is 10.7. The van der Waals surface area contributed by atoms with Crippen LogP contribution in [0.1, 0.15) is 19.3 Å². The summed E-state index contributed by atoms with van der Waals surface area (Å²) < 4.78 is 11.6. The Labute approximate surface area is 201 Å². The van der Waals surface area contributed by atoms with Crippen LogP contribution in [0.25, 0.3) is 0 Å². The van der Waals surface area contributed by atoms with Gasteiger partial charge >= 0.3 is 0 Å². The zero-order valence-electron chi connectivity index (χ0n) is 20.2. The molecule has 0 aliphatic carbocycles. The molecule has 9 heteroatoms. The molecule has 1 aromatic carbocycles. The van der Waals surface area contributed by atoms with Gasteiger partial charge in [-0.2, -0.15) is 4.98 Å². The Morgan fingerprint density at radius 1 is 1.12 bits per heavy atom. The van der Waals surface area contributed by atoms with E-state index in [1.807, 2.05) is 24.3 Å². The van der Waals surface area contributed by atoms with Crippen molar-refractivity contribution >= 4 is 23.7 Å². The molecular formula is C25H36N6O3. The van der Waals surface area contributed by atoms with Crippen LogP contribution >= 0.6 is 0 Å². The fraction of sp³-hybridized carbons (Fsp3) is 0.560. The fourth-order valence-electron chi connectivity index (χ4n) is 4.61. The second-order valence-electron chi connectivity index (χ2n) is 9.28. The van der Waals surface area contributed by atoms with E-state index in [0.717, 1.165) is 75.5 Å². The Kier molecular flexibility index (Phi) is 8.54. The Balaban J connectivity index is 1.31. The van der Waals surface area contributed by atoms with Crippen molar-refractivity contribution < 1.29 is 14.3 Å². The molecule has 0 amide bonds. The fourth-order valence-corrected chi connectivity index (χ4v) is 4.61. The largest absolute Gasteiger partial charge is 0.493 e. The quantitative estimate of drug-likeness (QED) is 0.483. The Morgan fingerprint density at radius 2 is 1.94 bits per heavy atom. The van der Waals surface area contributed by atoms with Crippen LogP contribution in [0.5, 0.6) is 11.5 Å². The number of hydrogen-bond acceptors (Lipinski definition) is 9. The van der Waals surface area contributed by atoms with Gasteiger partial charge in [-0.25, -0.2) is 4.98 Å². The van der Waals surface area contributed by atoms with E-state index in [0.29, 0.717) is 36.7 Å². The number of likely N-dealkylation sites (tertiary alicyclic amines) is 2. The van der Waals surface area contributed by atoms with Crippen LogP contribution in [-0.4, -0.2) is 86.1 Å². The maximum Gasteiger partial charge on any atom is 0.229 e. The number of aldehydes is 1. The standard InChI is InChI=1S/C25H36N6O3/c1-30-10-6-20(17-30)18-34-23-15-21(3-4-22(23)33-2)28-25-26-9-5-24(29-25)27-16-19-7-11-31(12-8-19)13-14-32/h3-5,9,14-15,19-20H,6-8,10-13,16-18H2,1-2H3,(H2,26,27,28,29)/t20-/m0/s1. The minimum absolute atomic E-state index is 0.527. The lowest BCUT2D eigenvalue weighted by atomic mass is 9.97. The topological polar surface area (TPSA) is 91.9 Å². The molecule has 0 unspecified atom stereocenters. The molecule has 1 atom stereocenters. The van der Waals surface area contributed by atoms with Gasteiger partial charge in [0, 0.05) is 37.0 Å². The average molecular weight is 469 g/mol. The summed E-state index contributed by atoms with van der Waals surface area (Å²) in [7, 11) is 3.80. The van der Waals surface area contributed by atoms with Gasteiger partial charge < -0.3 is 29.8 Å². The molecule has 184 valence electrons. The first-order valence-corrected chi connectivity index (χ1v) is 12.1.